The third-order valence-corrected chi connectivity index (χ3v) is 7.47. The molecule has 2 N–H and O–H groups in total. The maximum Gasteiger partial charge on any atom is 0.141 e. The Morgan fingerprint density at radius 3 is 2.76 bits per heavy atom. The van der Waals surface area contributed by atoms with Crippen LogP contribution in [0.15, 0.2) is 84.5 Å². The molecular formula is C28H25BrClN2O4S-. The molecule has 0 saturated carbocycles. The second-order valence-electron chi connectivity index (χ2n) is 8.21. The number of allylic oxidation sites excluding steroid dienone is 1. The molecule has 1 heterocycles. The first-order valence-corrected chi connectivity index (χ1v) is 14.0. The van der Waals surface area contributed by atoms with E-state index in [1.54, 1.807) is 24.5 Å². The lowest BCUT2D eigenvalue weighted by Gasteiger charge is -2.23. The highest BCUT2D eigenvalue weighted by atomic mass is 79.9. The molecule has 6 nitrogen and oxygen atoms in total. The van der Waals surface area contributed by atoms with Gasteiger partial charge in [0.05, 0.1) is 16.5 Å². The van der Waals surface area contributed by atoms with Crippen LogP contribution in [0, 0.1) is 5.92 Å². The summed E-state index contributed by atoms with van der Waals surface area (Å²) < 4.78 is 32.1. The smallest absolute Gasteiger partial charge is 0.141 e. The molecule has 0 bridgehead atoms. The number of ether oxygens (including phenoxy) is 2. The summed E-state index contributed by atoms with van der Waals surface area (Å²) in [7, 11) is -1.98. The zero-order valence-electron chi connectivity index (χ0n) is 19.8. The highest BCUT2D eigenvalue weighted by molar-refractivity contribution is 9.09. The van der Waals surface area contributed by atoms with Crippen LogP contribution in [0.2, 0.25) is 5.02 Å². The molecule has 0 radical (unpaired) electrons. The van der Waals surface area contributed by atoms with E-state index in [9.17, 15) is 4.21 Å². The third-order valence-electron chi connectivity index (χ3n) is 5.59. The van der Waals surface area contributed by atoms with Gasteiger partial charge in [0, 0.05) is 47.6 Å². The lowest BCUT2D eigenvalue weighted by Crippen LogP contribution is -2.22. The summed E-state index contributed by atoms with van der Waals surface area (Å²) in [5, 5.41) is 4.80. The van der Waals surface area contributed by atoms with Crippen molar-refractivity contribution in [3.05, 3.63) is 106 Å². The van der Waals surface area contributed by atoms with Crippen LogP contribution in [-0.4, -0.2) is 32.9 Å². The Balaban J connectivity index is 1.49. The first kappa shape index (κ1) is 27.2. The van der Waals surface area contributed by atoms with Crippen LogP contribution < -0.4 is 14.8 Å². The van der Waals surface area contributed by atoms with E-state index in [-0.39, 0.29) is 17.3 Å². The summed E-state index contributed by atoms with van der Waals surface area (Å²) in [6.45, 7) is 1.34. The number of benzene rings is 2. The number of nitrogens with zero attached hydrogens (tertiary/aromatic N) is 1. The molecule has 2 aromatic carbocycles. The summed E-state index contributed by atoms with van der Waals surface area (Å²) in [6.07, 6.45) is 5.40. The number of alkyl halides is 1. The Hall–Kier alpha value is -2.80. The standard InChI is InChI=1S/C28H25BrClN2O4S/c29-28-22(9-4-10-24(28)21-7-2-1-3-8-21)19-36-27-15-26(35-18-20-6-5-11-31-16-20)23(14-25(27)30)17-32-12-13-37(33)34/h1-3,5-9,11,13-16,22,28,32H,12,17-19H2,(H,33,34)/q-1. The minimum absolute atomic E-state index is 0.00743. The molecule has 2 atom stereocenters. The summed E-state index contributed by atoms with van der Waals surface area (Å²) in [5.41, 5.74) is 10.2. The minimum atomic E-state index is -1.98. The Bertz CT molecular complexity index is 1400. The van der Waals surface area contributed by atoms with Gasteiger partial charge in [-0.1, -0.05) is 75.4 Å². The minimum Gasteiger partial charge on any atom is -0.491 e. The van der Waals surface area contributed by atoms with Gasteiger partial charge >= 0.3 is 0 Å². The summed E-state index contributed by atoms with van der Waals surface area (Å²) in [6, 6.07) is 17.4. The van der Waals surface area contributed by atoms with E-state index in [2.05, 4.69) is 37.7 Å². The Morgan fingerprint density at radius 2 is 2.00 bits per heavy atom. The second kappa shape index (κ2) is 13.7. The van der Waals surface area contributed by atoms with Crippen LogP contribution in [0.5, 0.6) is 11.5 Å². The Labute approximate surface area is 231 Å². The van der Waals surface area contributed by atoms with Crippen molar-refractivity contribution in [1.29, 1.82) is 0 Å². The van der Waals surface area contributed by atoms with Crippen LogP contribution in [0.1, 0.15) is 16.7 Å². The Morgan fingerprint density at radius 1 is 1.16 bits per heavy atom. The number of halogens is 2. The largest absolute Gasteiger partial charge is 0.491 e. The molecule has 1 aliphatic rings. The molecule has 1 aliphatic carbocycles. The zero-order chi connectivity index (χ0) is 26.0. The van der Waals surface area contributed by atoms with Gasteiger partial charge in [0.25, 0.3) is 0 Å². The molecule has 0 amide bonds. The van der Waals surface area contributed by atoms with Crippen LogP contribution in [-0.2, 0) is 28.0 Å². The maximum atomic E-state index is 10.9. The van der Waals surface area contributed by atoms with Crippen molar-refractivity contribution < 1.29 is 18.2 Å². The molecule has 1 aromatic heterocycles. The van der Waals surface area contributed by atoms with Gasteiger partial charge in [-0.25, -0.2) is 0 Å². The fourth-order valence-electron chi connectivity index (χ4n) is 3.70. The van der Waals surface area contributed by atoms with Gasteiger partial charge in [0.2, 0.25) is 0 Å². The van der Waals surface area contributed by atoms with Crippen molar-refractivity contribution in [2.45, 2.75) is 18.0 Å². The van der Waals surface area contributed by atoms with Crippen LogP contribution in [0.25, 0.3) is 5.57 Å². The highest BCUT2D eigenvalue weighted by Gasteiger charge is 2.25. The number of nitrogens with one attached hydrogen (secondary N) is 1. The van der Waals surface area contributed by atoms with Crippen LogP contribution in [0.4, 0.5) is 0 Å². The van der Waals surface area contributed by atoms with Gasteiger partial charge in [-0.15, -0.1) is 5.37 Å². The van der Waals surface area contributed by atoms with Crippen LogP contribution >= 0.6 is 27.5 Å². The van der Waals surface area contributed by atoms with Gasteiger partial charge < -0.3 is 23.6 Å². The van der Waals surface area contributed by atoms with E-state index < -0.39 is 10.7 Å². The maximum absolute atomic E-state index is 10.9. The van der Waals surface area contributed by atoms with Gasteiger partial charge in [-0.05, 0) is 30.3 Å². The van der Waals surface area contributed by atoms with E-state index in [0.29, 0.717) is 36.3 Å². The first-order chi connectivity index (χ1) is 18.0. The molecule has 3 aromatic rings. The molecule has 9 heteroatoms. The molecule has 0 aliphatic heterocycles. The summed E-state index contributed by atoms with van der Waals surface area (Å²) in [4.78, 5) is 4.14. The van der Waals surface area contributed by atoms with E-state index in [0.717, 1.165) is 22.3 Å². The first-order valence-electron chi connectivity index (χ1n) is 11.5. The van der Waals surface area contributed by atoms with Crippen molar-refractivity contribution in [3.63, 3.8) is 0 Å². The predicted molar refractivity (Wildman–Crippen MR) is 152 cm³/mol. The predicted octanol–water partition coefficient (Wildman–Crippen LogP) is 5.81. The Kier molecular flexibility index (Phi) is 10.1. The number of pyridine rings is 1. The van der Waals surface area contributed by atoms with E-state index in [4.69, 9.17) is 25.6 Å². The number of rotatable bonds is 11. The van der Waals surface area contributed by atoms with Gasteiger partial charge in [0.1, 0.15) is 18.1 Å². The average molecular weight is 601 g/mol. The quantitative estimate of drug-likeness (QED) is 0.0722. The topological polar surface area (TPSA) is 80.7 Å². The molecule has 192 valence electrons. The molecule has 2 unspecified atom stereocenters. The van der Waals surface area contributed by atoms with Crippen molar-refractivity contribution in [1.82, 2.24) is 10.3 Å². The summed E-state index contributed by atoms with van der Waals surface area (Å²) >= 11 is 10.4. The van der Waals surface area contributed by atoms with Gasteiger partial charge in [0.15, 0.2) is 0 Å². The van der Waals surface area contributed by atoms with Gasteiger partial charge in [-0.3, -0.25) is 4.98 Å². The molecular weight excluding hydrogens is 576 g/mol. The van der Waals surface area contributed by atoms with Crippen molar-refractivity contribution in [2.75, 3.05) is 13.2 Å². The second-order valence-corrected chi connectivity index (χ2v) is 10.5. The molecule has 0 saturated heterocycles. The normalized spacial score (nSPS) is 17.4. The lowest BCUT2D eigenvalue weighted by molar-refractivity contribution is 0.273. The summed E-state index contributed by atoms with van der Waals surface area (Å²) in [5.74, 6) is 1.12. The van der Waals surface area contributed by atoms with E-state index in [1.807, 2.05) is 48.5 Å². The highest BCUT2D eigenvalue weighted by Crippen LogP contribution is 2.36. The van der Waals surface area contributed by atoms with Crippen molar-refractivity contribution in [3.8, 4) is 11.5 Å². The van der Waals surface area contributed by atoms with Crippen LogP contribution in [0.3, 0.4) is 0 Å². The monoisotopic (exact) mass is 599 g/mol. The lowest BCUT2D eigenvalue weighted by atomic mass is 9.93. The number of aromatic nitrogens is 1. The fraction of sp³-hybridized carbons (Fsp3) is 0.214. The SMILES string of the molecule is O=[S-](O)=CCNCc1cc(Cl)c(OCC2C=C=C=C(c3ccccc3)C2Br)cc1OCc1cccnc1. The molecule has 0 spiro atoms. The van der Waals surface area contributed by atoms with E-state index in [1.165, 1.54) is 5.37 Å². The third kappa shape index (κ3) is 7.84. The fourth-order valence-corrected chi connectivity index (χ4v) is 4.89. The number of hydrogen-bond acceptors (Lipinski definition) is 6. The molecule has 0 fully saturated rings. The van der Waals surface area contributed by atoms with Crippen molar-refractivity contribution in [2.24, 2.45) is 5.92 Å². The average Bonchev–Trinajstić information content (AvgIpc) is 2.91. The molecule has 4 rings (SSSR count). The number of hydrogen-bond donors (Lipinski definition) is 2. The van der Waals surface area contributed by atoms with E-state index >= 15 is 0 Å². The molecule has 37 heavy (non-hydrogen) atoms. The zero-order valence-corrected chi connectivity index (χ0v) is 22.9. The van der Waals surface area contributed by atoms with Gasteiger partial charge in [-0.2, -0.15) is 10.7 Å². The van der Waals surface area contributed by atoms with Crippen molar-refractivity contribution >= 4 is 49.1 Å².